The van der Waals surface area contributed by atoms with Crippen molar-refractivity contribution in [3.05, 3.63) is 45.4 Å². The first-order valence-electron chi connectivity index (χ1n) is 5.18. The van der Waals surface area contributed by atoms with E-state index < -0.39 is 0 Å². The zero-order chi connectivity index (χ0) is 11.8. The summed E-state index contributed by atoms with van der Waals surface area (Å²) in [6.45, 7) is 0. The zero-order valence-electron chi connectivity index (χ0n) is 8.90. The van der Waals surface area contributed by atoms with Crippen LogP contribution in [0.2, 0.25) is 5.02 Å². The van der Waals surface area contributed by atoms with Gasteiger partial charge in [-0.25, -0.2) is 4.98 Å². The Bertz CT molecular complexity index is 658. The highest BCUT2D eigenvalue weighted by molar-refractivity contribution is 7.09. The molecule has 86 valence electrons. The molecule has 0 aliphatic heterocycles. The number of nitrogen functional groups attached to an aromatic ring is 1. The molecule has 5 heteroatoms. The van der Waals surface area contributed by atoms with Crippen molar-refractivity contribution in [3.63, 3.8) is 0 Å². The fourth-order valence-corrected chi connectivity index (χ4v) is 2.76. The van der Waals surface area contributed by atoms with Crippen molar-refractivity contribution in [1.82, 2.24) is 9.97 Å². The Morgan fingerprint density at radius 3 is 3.06 bits per heavy atom. The average molecular weight is 264 g/mol. The molecule has 0 spiro atoms. The number of imidazole rings is 1. The molecule has 2 heterocycles. The van der Waals surface area contributed by atoms with E-state index in [1.54, 1.807) is 17.4 Å². The monoisotopic (exact) mass is 263 g/mol. The number of thiophene rings is 1. The molecule has 3 aromatic rings. The minimum Gasteiger partial charge on any atom is -0.397 e. The van der Waals surface area contributed by atoms with Gasteiger partial charge in [0.25, 0.3) is 0 Å². The first-order valence-corrected chi connectivity index (χ1v) is 6.44. The van der Waals surface area contributed by atoms with E-state index in [0.29, 0.717) is 10.7 Å². The first-order chi connectivity index (χ1) is 8.22. The Morgan fingerprint density at radius 1 is 1.41 bits per heavy atom. The van der Waals surface area contributed by atoms with Crippen LogP contribution in [-0.4, -0.2) is 9.97 Å². The lowest BCUT2D eigenvalue weighted by molar-refractivity contribution is 1.06. The molecule has 0 unspecified atom stereocenters. The summed E-state index contributed by atoms with van der Waals surface area (Å²) in [6, 6.07) is 7.69. The van der Waals surface area contributed by atoms with Crippen molar-refractivity contribution in [1.29, 1.82) is 0 Å². The molecule has 0 radical (unpaired) electrons. The molecular weight excluding hydrogens is 254 g/mol. The van der Waals surface area contributed by atoms with Crippen LogP contribution in [0.5, 0.6) is 0 Å². The molecule has 0 aliphatic carbocycles. The Kier molecular flexibility index (Phi) is 2.53. The number of hydrogen-bond donors (Lipinski definition) is 2. The lowest BCUT2D eigenvalue weighted by Gasteiger charge is -1.94. The van der Waals surface area contributed by atoms with Gasteiger partial charge < -0.3 is 10.7 Å². The standard InChI is InChI=1S/C12H10ClN3S/c13-7-4-9(14)12-10(5-7)15-11(16-12)6-8-2-1-3-17-8/h1-5H,6,14H2,(H,15,16). The summed E-state index contributed by atoms with van der Waals surface area (Å²) in [5.74, 6) is 0.913. The molecule has 17 heavy (non-hydrogen) atoms. The lowest BCUT2D eigenvalue weighted by Crippen LogP contribution is -1.88. The molecule has 0 amide bonds. The van der Waals surface area contributed by atoms with Gasteiger partial charge in [0.1, 0.15) is 11.3 Å². The number of hydrogen-bond acceptors (Lipinski definition) is 3. The summed E-state index contributed by atoms with van der Waals surface area (Å²) < 4.78 is 0. The topological polar surface area (TPSA) is 54.7 Å². The maximum atomic E-state index is 5.95. The number of rotatable bonds is 2. The Balaban J connectivity index is 2.05. The predicted molar refractivity (Wildman–Crippen MR) is 72.6 cm³/mol. The van der Waals surface area contributed by atoms with Gasteiger partial charge in [-0.05, 0) is 23.6 Å². The van der Waals surface area contributed by atoms with Crippen molar-refractivity contribution in [2.45, 2.75) is 6.42 Å². The van der Waals surface area contributed by atoms with Crippen molar-refractivity contribution in [2.75, 3.05) is 5.73 Å². The fraction of sp³-hybridized carbons (Fsp3) is 0.0833. The van der Waals surface area contributed by atoms with Crippen LogP contribution in [0.4, 0.5) is 5.69 Å². The van der Waals surface area contributed by atoms with Crippen molar-refractivity contribution >= 4 is 39.7 Å². The minimum atomic E-state index is 0.612. The van der Waals surface area contributed by atoms with Gasteiger partial charge in [0.15, 0.2) is 0 Å². The molecule has 0 saturated heterocycles. The third-order valence-electron chi connectivity index (χ3n) is 2.55. The lowest BCUT2D eigenvalue weighted by atomic mass is 10.3. The Hall–Kier alpha value is -1.52. The van der Waals surface area contributed by atoms with Gasteiger partial charge in [-0.3, -0.25) is 0 Å². The van der Waals surface area contributed by atoms with Gasteiger partial charge in [0.05, 0.1) is 11.2 Å². The summed E-state index contributed by atoms with van der Waals surface area (Å²) in [5.41, 5.74) is 8.17. The Morgan fingerprint density at radius 2 is 2.29 bits per heavy atom. The van der Waals surface area contributed by atoms with E-state index in [1.807, 2.05) is 12.1 Å². The van der Waals surface area contributed by atoms with E-state index in [2.05, 4.69) is 21.4 Å². The van der Waals surface area contributed by atoms with Crippen LogP contribution in [0.25, 0.3) is 11.0 Å². The van der Waals surface area contributed by atoms with Gasteiger partial charge in [-0.15, -0.1) is 11.3 Å². The molecule has 0 aliphatic rings. The third-order valence-corrected chi connectivity index (χ3v) is 3.65. The second-order valence-electron chi connectivity index (χ2n) is 3.83. The molecule has 0 bridgehead atoms. The van der Waals surface area contributed by atoms with Crippen molar-refractivity contribution < 1.29 is 0 Å². The van der Waals surface area contributed by atoms with Gasteiger partial charge >= 0.3 is 0 Å². The molecule has 3 N–H and O–H groups in total. The smallest absolute Gasteiger partial charge is 0.112 e. The first kappa shape index (κ1) is 10.6. The number of benzene rings is 1. The van der Waals surface area contributed by atoms with Gasteiger partial charge in [-0.2, -0.15) is 0 Å². The molecule has 3 nitrogen and oxygen atoms in total. The van der Waals surface area contributed by atoms with E-state index in [9.17, 15) is 0 Å². The quantitative estimate of drug-likeness (QED) is 0.696. The maximum absolute atomic E-state index is 5.95. The number of nitrogens with zero attached hydrogens (tertiary/aromatic N) is 1. The van der Waals surface area contributed by atoms with Crippen LogP contribution in [0.15, 0.2) is 29.6 Å². The summed E-state index contributed by atoms with van der Waals surface area (Å²) in [7, 11) is 0. The van der Waals surface area contributed by atoms with Crippen LogP contribution in [0.1, 0.15) is 10.7 Å². The summed E-state index contributed by atoms with van der Waals surface area (Å²) in [5, 5.41) is 2.68. The number of nitrogens with one attached hydrogen (secondary N) is 1. The highest BCUT2D eigenvalue weighted by atomic mass is 35.5. The number of halogens is 1. The SMILES string of the molecule is Nc1cc(Cl)cc2[nH]c(Cc3cccs3)nc12. The van der Waals surface area contributed by atoms with Gasteiger partial charge in [-0.1, -0.05) is 17.7 Å². The molecule has 1 aromatic carbocycles. The second kappa shape index (κ2) is 4.05. The van der Waals surface area contributed by atoms with Gasteiger partial charge in [0, 0.05) is 16.3 Å². The number of H-pyrrole nitrogens is 1. The van der Waals surface area contributed by atoms with Crippen LogP contribution in [0.3, 0.4) is 0 Å². The highest BCUT2D eigenvalue weighted by Crippen LogP contribution is 2.25. The third kappa shape index (κ3) is 2.01. The van der Waals surface area contributed by atoms with E-state index in [4.69, 9.17) is 17.3 Å². The van der Waals surface area contributed by atoms with E-state index in [-0.39, 0.29) is 0 Å². The van der Waals surface area contributed by atoms with Crippen LogP contribution >= 0.6 is 22.9 Å². The molecule has 3 rings (SSSR count). The molecule has 0 fully saturated rings. The molecular formula is C12H10ClN3S. The van der Waals surface area contributed by atoms with Crippen LogP contribution in [-0.2, 0) is 6.42 Å². The van der Waals surface area contributed by atoms with Crippen LogP contribution < -0.4 is 5.73 Å². The second-order valence-corrected chi connectivity index (χ2v) is 5.30. The number of fused-ring (bicyclic) bond motifs is 1. The summed E-state index contributed by atoms with van der Waals surface area (Å²) in [4.78, 5) is 9.01. The number of anilines is 1. The van der Waals surface area contributed by atoms with E-state index in [0.717, 1.165) is 23.3 Å². The largest absolute Gasteiger partial charge is 0.397 e. The summed E-state index contributed by atoms with van der Waals surface area (Å²) in [6.07, 6.45) is 0.795. The minimum absolute atomic E-state index is 0.612. The number of aromatic nitrogens is 2. The maximum Gasteiger partial charge on any atom is 0.112 e. The highest BCUT2D eigenvalue weighted by Gasteiger charge is 2.08. The molecule has 0 atom stereocenters. The van der Waals surface area contributed by atoms with Crippen molar-refractivity contribution in [2.24, 2.45) is 0 Å². The fourth-order valence-electron chi connectivity index (χ4n) is 1.82. The van der Waals surface area contributed by atoms with E-state index >= 15 is 0 Å². The van der Waals surface area contributed by atoms with Gasteiger partial charge in [0.2, 0.25) is 0 Å². The number of nitrogens with two attached hydrogens (primary N) is 1. The summed E-state index contributed by atoms with van der Waals surface area (Å²) >= 11 is 7.67. The Labute approximate surface area is 107 Å². The van der Waals surface area contributed by atoms with E-state index in [1.165, 1.54) is 4.88 Å². The van der Waals surface area contributed by atoms with Crippen LogP contribution in [0, 0.1) is 0 Å². The number of aromatic amines is 1. The average Bonchev–Trinajstić information content (AvgIpc) is 2.87. The zero-order valence-corrected chi connectivity index (χ0v) is 10.5. The van der Waals surface area contributed by atoms with Crippen molar-refractivity contribution in [3.8, 4) is 0 Å². The molecule has 2 aromatic heterocycles. The molecule has 0 saturated carbocycles. The normalized spacial score (nSPS) is 11.1. The predicted octanol–water partition coefficient (Wildman–Crippen LogP) is 3.45.